The number of Topliss-reactive ketones (excluding diaryl/α,β-unsaturated/α-hetero) is 1. The summed E-state index contributed by atoms with van der Waals surface area (Å²) in [5.41, 5.74) is -0.461. The van der Waals surface area contributed by atoms with Crippen molar-refractivity contribution in [3.8, 4) is 0 Å². The SMILES string of the molecule is CC(C)(C)OC(=O)C1=c2ccccc2=CC1=O. The highest BCUT2D eigenvalue weighted by atomic mass is 16.6. The highest BCUT2D eigenvalue weighted by Gasteiger charge is 2.26. The van der Waals surface area contributed by atoms with Crippen molar-refractivity contribution < 1.29 is 14.3 Å². The largest absolute Gasteiger partial charge is 0.456 e. The standard InChI is InChI=1S/C14H14O3/c1-14(2,3)17-13(16)12-10-7-5-4-6-9(10)8-11(12)15/h4-8H,1-3H3. The Morgan fingerprint density at radius 3 is 2.47 bits per heavy atom. The molecule has 3 nitrogen and oxygen atoms in total. The average Bonchev–Trinajstić information content (AvgIpc) is 2.50. The van der Waals surface area contributed by atoms with Crippen LogP contribution in [0, 0.1) is 0 Å². The molecule has 0 fully saturated rings. The molecule has 0 saturated carbocycles. The summed E-state index contributed by atoms with van der Waals surface area (Å²) in [7, 11) is 0. The van der Waals surface area contributed by atoms with E-state index in [9.17, 15) is 9.59 Å². The lowest BCUT2D eigenvalue weighted by molar-refractivity contribution is -0.147. The zero-order valence-electron chi connectivity index (χ0n) is 10.1. The lowest BCUT2D eigenvalue weighted by Crippen LogP contribution is -2.30. The van der Waals surface area contributed by atoms with Crippen molar-refractivity contribution in [3.63, 3.8) is 0 Å². The third-order valence-electron chi connectivity index (χ3n) is 2.37. The van der Waals surface area contributed by atoms with Gasteiger partial charge in [0.1, 0.15) is 11.2 Å². The predicted molar refractivity (Wildman–Crippen MR) is 64.4 cm³/mol. The molecular weight excluding hydrogens is 216 g/mol. The van der Waals surface area contributed by atoms with E-state index >= 15 is 0 Å². The fourth-order valence-electron chi connectivity index (χ4n) is 1.74. The van der Waals surface area contributed by atoms with Crippen molar-refractivity contribution >= 4 is 23.4 Å². The summed E-state index contributed by atoms with van der Waals surface area (Å²) < 4.78 is 5.23. The van der Waals surface area contributed by atoms with E-state index < -0.39 is 11.6 Å². The molecule has 0 unspecified atom stereocenters. The summed E-state index contributed by atoms with van der Waals surface area (Å²) in [5.74, 6) is -0.829. The van der Waals surface area contributed by atoms with Gasteiger partial charge in [-0.3, -0.25) is 4.79 Å². The van der Waals surface area contributed by atoms with Crippen LogP contribution in [0.4, 0.5) is 0 Å². The van der Waals surface area contributed by atoms with Crippen LogP contribution in [0.1, 0.15) is 20.8 Å². The van der Waals surface area contributed by atoms with E-state index in [4.69, 9.17) is 4.74 Å². The molecule has 1 aromatic carbocycles. The second-order valence-corrected chi connectivity index (χ2v) is 4.97. The first kappa shape index (κ1) is 11.6. The van der Waals surface area contributed by atoms with Gasteiger partial charge in [0, 0.05) is 5.22 Å². The van der Waals surface area contributed by atoms with E-state index in [1.54, 1.807) is 32.9 Å². The molecule has 2 rings (SSSR count). The number of esters is 1. The predicted octanol–water partition coefficient (Wildman–Crippen LogP) is 0.542. The maximum Gasteiger partial charge on any atom is 0.343 e. The van der Waals surface area contributed by atoms with Gasteiger partial charge in [0.15, 0.2) is 5.78 Å². The lowest BCUT2D eigenvalue weighted by Gasteiger charge is -2.19. The number of fused-ring (bicyclic) bond motifs is 1. The molecule has 1 aromatic rings. The van der Waals surface area contributed by atoms with Crippen LogP contribution in [-0.4, -0.2) is 17.4 Å². The molecule has 0 heterocycles. The lowest BCUT2D eigenvalue weighted by atomic mass is 10.1. The first-order chi connectivity index (χ1) is 7.88. The van der Waals surface area contributed by atoms with Gasteiger partial charge in [-0.05, 0) is 32.1 Å². The van der Waals surface area contributed by atoms with Crippen molar-refractivity contribution in [2.75, 3.05) is 0 Å². The molecule has 17 heavy (non-hydrogen) atoms. The minimum atomic E-state index is -0.595. The number of benzene rings is 1. The van der Waals surface area contributed by atoms with Crippen molar-refractivity contribution in [2.45, 2.75) is 26.4 Å². The molecule has 0 aromatic heterocycles. The smallest absolute Gasteiger partial charge is 0.343 e. The summed E-state index contributed by atoms with van der Waals surface area (Å²) in [6, 6.07) is 7.21. The van der Waals surface area contributed by atoms with Gasteiger partial charge in [0.2, 0.25) is 0 Å². The van der Waals surface area contributed by atoms with E-state index in [0.717, 1.165) is 5.22 Å². The van der Waals surface area contributed by atoms with Gasteiger partial charge >= 0.3 is 5.97 Å². The van der Waals surface area contributed by atoms with Gasteiger partial charge in [-0.1, -0.05) is 24.3 Å². The molecule has 0 N–H and O–H groups in total. The Bertz CT molecular complexity index is 603. The first-order valence-corrected chi connectivity index (χ1v) is 5.47. The summed E-state index contributed by atoms with van der Waals surface area (Å²) >= 11 is 0. The van der Waals surface area contributed by atoms with Crippen molar-refractivity contribution in [1.82, 2.24) is 0 Å². The number of ether oxygens (including phenoxy) is 1. The Morgan fingerprint density at radius 2 is 1.82 bits per heavy atom. The molecule has 0 radical (unpaired) electrons. The van der Waals surface area contributed by atoms with E-state index in [1.807, 2.05) is 12.1 Å². The number of rotatable bonds is 1. The quantitative estimate of drug-likeness (QED) is 0.661. The minimum absolute atomic E-state index is 0.135. The Hall–Kier alpha value is -1.90. The zero-order valence-corrected chi connectivity index (χ0v) is 10.1. The third-order valence-corrected chi connectivity index (χ3v) is 2.37. The van der Waals surface area contributed by atoms with Gasteiger partial charge in [0.25, 0.3) is 0 Å². The molecule has 0 atom stereocenters. The molecule has 1 aliphatic rings. The number of hydrogen-bond acceptors (Lipinski definition) is 3. The van der Waals surface area contributed by atoms with Gasteiger partial charge in [0.05, 0.1) is 0 Å². The monoisotopic (exact) mass is 230 g/mol. The summed E-state index contributed by atoms with van der Waals surface area (Å²) in [5, 5.41) is 1.44. The second kappa shape index (κ2) is 3.84. The van der Waals surface area contributed by atoms with Crippen molar-refractivity contribution in [3.05, 3.63) is 34.7 Å². The number of carbonyl (C=O) groups is 2. The van der Waals surface area contributed by atoms with Crippen molar-refractivity contribution in [2.24, 2.45) is 0 Å². The van der Waals surface area contributed by atoms with E-state index in [2.05, 4.69) is 0 Å². The van der Waals surface area contributed by atoms with Crippen LogP contribution in [-0.2, 0) is 14.3 Å². The van der Waals surface area contributed by atoms with Crippen LogP contribution in [0.15, 0.2) is 24.3 Å². The number of ketones is 1. The van der Waals surface area contributed by atoms with E-state index in [0.29, 0.717) is 5.22 Å². The maximum absolute atomic E-state index is 11.9. The van der Waals surface area contributed by atoms with Crippen molar-refractivity contribution in [1.29, 1.82) is 0 Å². The molecule has 0 aliphatic heterocycles. The zero-order chi connectivity index (χ0) is 12.6. The molecule has 1 aliphatic carbocycles. The molecule has 0 bridgehead atoms. The molecule has 0 amide bonds. The maximum atomic E-state index is 11.9. The average molecular weight is 230 g/mol. The van der Waals surface area contributed by atoms with Crippen LogP contribution in [0.3, 0.4) is 0 Å². The fourth-order valence-corrected chi connectivity index (χ4v) is 1.74. The van der Waals surface area contributed by atoms with Crippen LogP contribution in [0.25, 0.3) is 11.6 Å². The fraction of sp³-hybridized carbons (Fsp3) is 0.286. The second-order valence-electron chi connectivity index (χ2n) is 4.97. The molecule has 3 heteroatoms. The van der Waals surface area contributed by atoms with E-state index in [-0.39, 0.29) is 11.4 Å². The van der Waals surface area contributed by atoms with Gasteiger partial charge in [-0.15, -0.1) is 0 Å². The van der Waals surface area contributed by atoms with Crippen LogP contribution >= 0.6 is 0 Å². The summed E-state index contributed by atoms with van der Waals surface area (Å²) in [4.78, 5) is 23.7. The Labute approximate surface area is 99.4 Å². The van der Waals surface area contributed by atoms with Gasteiger partial charge in [-0.25, -0.2) is 4.79 Å². The van der Waals surface area contributed by atoms with Gasteiger partial charge in [-0.2, -0.15) is 0 Å². The molecular formula is C14H14O3. The number of hydrogen-bond donors (Lipinski definition) is 0. The first-order valence-electron chi connectivity index (χ1n) is 5.47. The highest BCUT2D eigenvalue weighted by Crippen LogP contribution is 2.12. The third kappa shape index (κ3) is 2.28. The normalized spacial score (nSPS) is 14.3. The Kier molecular flexibility index (Phi) is 2.62. The highest BCUT2D eigenvalue weighted by molar-refractivity contribution is 6.48. The summed E-state index contributed by atoms with van der Waals surface area (Å²) in [6.45, 7) is 5.33. The molecule has 0 spiro atoms. The Morgan fingerprint density at radius 1 is 1.18 bits per heavy atom. The van der Waals surface area contributed by atoms with Crippen LogP contribution in [0.2, 0.25) is 0 Å². The van der Waals surface area contributed by atoms with E-state index in [1.165, 1.54) is 6.08 Å². The topological polar surface area (TPSA) is 43.4 Å². The molecule has 88 valence electrons. The van der Waals surface area contributed by atoms with Gasteiger partial charge < -0.3 is 4.74 Å². The van der Waals surface area contributed by atoms with Crippen LogP contribution < -0.4 is 10.4 Å². The molecule has 0 saturated heterocycles. The minimum Gasteiger partial charge on any atom is -0.456 e. The Balaban J connectivity index is 2.51. The summed E-state index contributed by atoms with van der Waals surface area (Å²) in [6.07, 6.45) is 1.47. The van der Waals surface area contributed by atoms with Crippen LogP contribution in [0.5, 0.6) is 0 Å². The number of carbonyl (C=O) groups excluding carboxylic acids is 2.